The second-order valence-electron chi connectivity index (χ2n) is 7.85. The van der Waals surface area contributed by atoms with Gasteiger partial charge in [-0.25, -0.2) is 4.79 Å². The topological polar surface area (TPSA) is 125 Å². The van der Waals surface area contributed by atoms with Gasteiger partial charge in [0.25, 0.3) is 17.7 Å². The summed E-state index contributed by atoms with van der Waals surface area (Å²) in [5.74, 6) is -2.62. The summed E-state index contributed by atoms with van der Waals surface area (Å²) < 4.78 is 0. The van der Waals surface area contributed by atoms with E-state index in [1.165, 1.54) is 11.3 Å². The number of halogens is 1. The van der Waals surface area contributed by atoms with Crippen LogP contribution in [0.5, 0.6) is 0 Å². The molecule has 3 aromatic rings. The molecule has 3 amide bonds. The Kier molecular flexibility index (Phi) is 8.62. The standard InChI is InChI=1S/C25H24ClN3O5S/c1-14-9-17(22(30)27-12-16-5-3-6-18(26)11-16)10-15(2)21(14)24(32)29-19(25(33)34)13-28-23(31)20-7-4-8-35-20/h3-11,19H,12-13H2,1-2H3,(H,27,30)(H,28,31)(H,29,32)(H,33,34)/t19-/m0/s1. The van der Waals surface area contributed by atoms with E-state index in [9.17, 15) is 24.3 Å². The highest BCUT2D eigenvalue weighted by Crippen LogP contribution is 2.18. The number of amides is 3. The minimum Gasteiger partial charge on any atom is -0.480 e. The first-order chi connectivity index (χ1) is 16.7. The molecular weight excluding hydrogens is 490 g/mol. The van der Waals surface area contributed by atoms with Crippen LogP contribution in [0.15, 0.2) is 53.9 Å². The highest BCUT2D eigenvalue weighted by Gasteiger charge is 2.24. The van der Waals surface area contributed by atoms with Gasteiger partial charge in [0.1, 0.15) is 6.04 Å². The number of aliphatic carboxylic acids is 1. The molecule has 0 saturated carbocycles. The maximum Gasteiger partial charge on any atom is 0.328 e. The molecule has 0 bridgehead atoms. The van der Waals surface area contributed by atoms with Crippen molar-refractivity contribution >= 4 is 46.6 Å². The predicted octanol–water partition coefficient (Wildman–Crippen LogP) is 3.56. The summed E-state index contributed by atoms with van der Waals surface area (Å²) in [5, 5.41) is 19.6. The number of carboxylic acid groups (broad SMARTS) is 1. The molecule has 0 fully saturated rings. The number of carbonyl (C=O) groups excluding carboxylic acids is 3. The normalized spacial score (nSPS) is 11.4. The summed E-state index contributed by atoms with van der Waals surface area (Å²) in [5.41, 5.74) is 2.52. The third kappa shape index (κ3) is 6.91. The van der Waals surface area contributed by atoms with E-state index in [4.69, 9.17) is 11.6 Å². The molecule has 0 radical (unpaired) electrons. The van der Waals surface area contributed by atoms with Crippen LogP contribution in [-0.2, 0) is 11.3 Å². The molecule has 0 spiro atoms. The number of benzene rings is 2. The summed E-state index contributed by atoms with van der Waals surface area (Å²) in [6.07, 6.45) is 0. The third-order valence-electron chi connectivity index (χ3n) is 5.18. The molecule has 35 heavy (non-hydrogen) atoms. The SMILES string of the molecule is Cc1cc(C(=O)NCc2cccc(Cl)c2)cc(C)c1C(=O)N[C@@H](CNC(=O)c1cccs1)C(=O)O. The zero-order valence-corrected chi connectivity index (χ0v) is 20.6. The molecule has 8 nitrogen and oxygen atoms in total. The zero-order chi connectivity index (χ0) is 25.5. The van der Waals surface area contributed by atoms with E-state index >= 15 is 0 Å². The largest absolute Gasteiger partial charge is 0.480 e. The van der Waals surface area contributed by atoms with E-state index in [2.05, 4.69) is 16.0 Å². The van der Waals surface area contributed by atoms with Crippen molar-refractivity contribution in [3.63, 3.8) is 0 Å². The van der Waals surface area contributed by atoms with Crippen LogP contribution in [0, 0.1) is 13.8 Å². The number of hydrogen-bond acceptors (Lipinski definition) is 5. The van der Waals surface area contributed by atoms with Crippen molar-refractivity contribution in [2.45, 2.75) is 26.4 Å². The van der Waals surface area contributed by atoms with E-state index < -0.39 is 23.8 Å². The van der Waals surface area contributed by atoms with Crippen molar-refractivity contribution in [2.24, 2.45) is 0 Å². The Morgan fingerprint density at radius 3 is 2.26 bits per heavy atom. The van der Waals surface area contributed by atoms with Gasteiger partial charge in [-0.1, -0.05) is 29.8 Å². The fraction of sp³-hybridized carbons (Fsp3) is 0.200. The van der Waals surface area contributed by atoms with Gasteiger partial charge in [-0.2, -0.15) is 0 Å². The number of carboxylic acids is 1. The lowest BCUT2D eigenvalue weighted by Crippen LogP contribution is -2.48. The number of hydrogen-bond donors (Lipinski definition) is 4. The molecule has 0 unspecified atom stereocenters. The van der Waals surface area contributed by atoms with Crippen LogP contribution in [0.2, 0.25) is 5.02 Å². The number of aryl methyl sites for hydroxylation is 2. The summed E-state index contributed by atoms with van der Waals surface area (Å²) >= 11 is 7.20. The van der Waals surface area contributed by atoms with E-state index in [-0.39, 0.29) is 24.6 Å². The quantitative estimate of drug-likeness (QED) is 0.348. The first-order valence-corrected chi connectivity index (χ1v) is 11.9. The van der Waals surface area contributed by atoms with Gasteiger partial charge in [0.2, 0.25) is 0 Å². The van der Waals surface area contributed by atoms with Gasteiger partial charge < -0.3 is 21.1 Å². The lowest BCUT2D eigenvalue weighted by atomic mass is 9.98. The minimum atomic E-state index is -1.33. The third-order valence-corrected chi connectivity index (χ3v) is 6.28. The van der Waals surface area contributed by atoms with Gasteiger partial charge in [-0.05, 0) is 66.2 Å². The molecule has 1 heterocycles. The molecule has 182 valence electrons. The van der Waals surface area contributed by atoms with Gasteiger partial charge in [0.15, 0.2) is 0 Å². The Balaban J connectivity index is 1.66. The van der Waals surface area contributed by atoms with E-state index in [0.717, 1.165) is 5.56 Å². The average molecular weight is 514 g/mol. The Bertz CT molecular complexity index is 1240. The van der Waals surface area contributed by atoms with Gasteiger partial charge >= 0.3 is 5.97 Å². The number of carbonyl (C=O) groups is 4. The van der Waals surface area contributed by atoms with Crippen molar-refractivity contribution in [3.05, 3.63) is 91.6 Å². The fourth-order valence-corrected chi connectivity index (χ4v) is 4.36. The van der Waals surface area contributed by atoms with Crippen molar-refractivity contribution in [2.75, 3.05) is 6.54 Å². The van der Waals surface area contributed by atoms with Crippen molar-refractivity contribution in [1.82, 2.24) is 16.0 Å². The van der Waals surface area contributed by atoms with Gasteiger partial charge in [0, 0.05) is 29.2 Å². The molecule has 3 rings (SSSR count). The first-order valence-electron chi connectivity index (χ1n) is 10.6. The molecule has 10 heteroatoms. The van der Waals surface area contributed by atoms with E-state index in [0.29, 0.717) is 26.6 Å². The molecule has 0 aliphatic heterocycles. The Morgan fingerprint density at radius 2 is 1.66 bits per heavy atom. The summed E-state index contributed by atoms with van der Waals surface area (Å²) in [7, 11) is 0. The molecule has 1 aromatic heterocycles. The summed E-state index contributed by atoms with van der Waals surface area (Å²) in [6.45, 7) is 3.35. The van der Waals surface area contributed by atoms with Gasteiger partial charge in [-0.15, -0.1) is 11.3 Å². The maximum absolute atomic E-state index is 12.9. The van der Waals surface area contributed by atoms with Crippen LogP contribution in [0.25, 0.3) is 0 Å². The average Bonchev–Trinajstić information content (AvgIpc) is 3.34. The van der Waals surface area contributed by atoms with E-state index in [1.54, 1.807) is 61.7 Å². The van der Waals surface area contributed by atoms with Gasteiger partial charge in [0.05, 0.1) is 4.88 Å². The number of thiophene rings is 1. The minimum absolute atomic E-state index is 0.271. The summed E-state index contributed by atoms with van der Waals surface area (Å²) in [6, 6.07) is 12.3. The smallest absolute Gasteiger partial charge is 0.328 e. The van der Waals surface area contributed by atoms with Crippen LogP contribution in [0.1, 0.15) is 47.1 Å². The highest BCUT2D eigenvalue weighted by atomic mass is 35.5. The molecular formula is C25H24ClN3O5S. The maximum atomic E-state index is 12.9. The molecule has 2 aromatic carbocycles. The van der Waals surface area contributed by atoms with Crippen LogP contribution in [0.3, 0.4) is 0 Å². The predicted molar refractivity (Wildman–Crippen MR) is 134 cm³/mol. The zero-order valence-electron chi connectivity index (χ0n) is 19.1. The van der Waals surface area contributed by atoms with Crippen LogP contribution < -0.4 is 16.0 Å². The van der Waals surface area contributed by atoms with Crippen molar-refractivity contribution in [1.29, 1.82) is 0 Å². The first kappa shape index (κ1) is 25.9. The molecule has 4 N–H and O–H groups in total. The monoisotopic (exact) mass is 513 g/mol. The van der Waals surface area contributed by atoms with Crippen LogP contribution >= 0.6 is 22.9 Å². The Hall–Kier alpha value is -3.69. The lowest BCUT2D eigenvalue weighted by molar-refractivity contribution is -0.139. The second-order valence-corrected chi connectivity index (χ2v) is 9.23. The molecule has 0 saturated heterocycles. The molecule has 1 atom stereocenters. The van der Waals surface area contributed by atoms with E-state index in [1.807, 2.05) is 6.07 Å². The van der Waals surface area contributed by atoms with Gasteiger partial charge in [-0.3, -0.25) is 14.4 Å². The Morgan fingerprint density at radius 1 is 0.943 bits per heavy atom. The highest BCUT2D eigenvalue weighted by molar-refractivity contribution is 7.12. The number of nitrogens with one attached hydrogen (secondary N) is 3. The second kappa shape index (κ2) is 11.6. The fourth-order valence-electron chi connectivity index (χ4n) is 3.50. The van der Waals surface area contributed by atoms with Crippen molar-refractivity contribution in [3.8, 4) is 0 Å². The van der Waals surface area contributed by atoms with Crippen LogP contribution in [-0.4, -0.2) is 41.4 Å². The lowest BCUT2D eigenvalue weighted by Gasteiger charge is -2.18. The van der Waals surface area contributed by atoms with Crippen LogP contribution in [0.4, 0.5) is 0 Å². The molecule has 0 aliphatic carbocycles. The summed E-state index contributed by atoms with van der Waals surface area (Å²) in [4.78, 5) is 49.8. The molecule has 0 aliphatic rings. The van der Waals surface area contributed by atoms with Crippen molar-refractivity contribution < 1.29 is 24.3 Å². The number of rotatable bonds is 9. The Labute approximate surface area is 211 Å².